The summed E-state index contributed by atoms with van der Waals surface area (Å²) >= 11 is 5.50. The fourth-order valence-corrected chi connectivity index (χ4v) is 1.48. The van der Waals surface area contributed by atoms with Gasteiger partial charge in [0.15, 0.2) is 0 Å². The molecule has 1 amide bonds. The Bertz CT molecular complexity index is 150. The third-order valence-corrected chi connectivity index (χ3v) is 2.45. The van der Waals surface area contributed by atoms with Gasteiger partial charge in [0.1, 0.15) is 0 Å². The van der Waals surface area contributed by atoms with Crippen LogP contribution in [0.3, 0.4) is 0 Å². The van der Waals surface area contributed by atoms with Crippen molar-refractivity contribution in [3.63, 3.8) is 0 Å². The maximum Gasteiger partial charge on any atom is 0.220 e. The number of carbonyl (C=O) groups excluding carboxylic acids is 1. The summed E-state index contributed by atoms with van der Waals surface area (Å²) in [5, 5.41) is 2.98. The summed E-state index contributed by atoms with van der Waals surface area (Å²) in [7, 11) is 0. The molecule has 0 aliphatic rings. The highest BCUT2D eigenvalue weighted by Gasteiger charge is 2.05. The molecule has 0 rings (SSSR count). The molecule has 1 unspecified atom stereocenters. The molecule has 3 heteroatoms. The number of halogens is 1. The fourth-order valence-electron chi connectivity index (χ4n) is 1.35. The van der Waals surface area contributed by atoms with E-state index in [0.717, 1.165) is 12.8 Å². The van der Waals surface area contributed by atoms with E-state index in [-0.39, 0.29) is 5.91 Å². The fraction of sp³-hybridized carbons (Fsp3) is 0.909. The molecular weight excluding hydrogens is 198 g/mol. The van der Waals surface area contributed by atoms with Gasteiger partial charge >= 0.3 is 0 Å². The van der Waals surface area contributed by atoms with Gasteiger partial charge in [-0.3, -0.25) is 4.79 Å². The lowest BCUT2D eigenvalue weighted by atomic mass is 10.1. The molecule has 0 aliphatic carbocycles. The molecule has 0 fully saturated rings. The van der Waals surface area contributed by atoms with Crippen molar-refractivity contribution in [2.45, 2.75) is 58.4 Å². The van der Waals surface area contributed by atoms with Gasteiger partial charge < -0.3 is 5.32 Å². The van der Waals surface area contributed by atoms with Gasteiger partial charge in [-0.15, -0.1) is 11.6 Å². The van der Waals surface area contributed by atoms with Gasteiger partial charge in [0, 0.05) is 18.3 Å². The highest BCUT2D eigenvalue weighted by atomic mass is 35.5. The number of hydrogen-bond acceptors (Lipinski definition) is 1. The number of amides is 1. The number of rotatable bonds is 8. The topological polar surface area (TPSA) is 29.1 Å². The van der Waals surface area contributed by atoms with Gasteiger partial charge in [-0.05, 0) is 19.8 Å². The average Bonchev–Trinajstić information content (AvgIpc) is 2.15. The van der Waals surface area contributed by atoms with Crippen LogP contribution in [0.25, 0.3) is 0 Å². The van der Waals surface area contributed by atoms with Crippen LogP contribution in [-0.2, 0) is 4.79 Å². The number of carbonyl (C=O) groups is 1. The zero-order valence-electron chi connectivity index (χ0n) is 9.31. The average molecular weight is 220 g/mol. The molecule has 0 aromatic rings. The Labute approximate surface area is 92.4 Å². The van der Waals surface area contributed by atoms with Gasteiger partial charge in [-0.25, -0.2) is 0 Å². The van der Waals surface area contributed by atoms with E-state index < -0.39 is 0 Å². The predicted molar refractivity (Wildman–Crippen MR) is 61.7 cm³/mol. The third-order valence-electron chi connectivity index (χ3n) is 2.19. The summed E-state index contributed by atoms with van der Waals surface area (Å²) < 4.78 is 0. The molecule has 2 nitrogen and oxygen atoms in total. The second kappa shape index (κ2) is 9.32. The van der Waals surface area contributed by atoms with E-state index in [4.69, 9.17) is 11.6 Å². The van der Waals surface area contributed by atoms with Crippen LogP contribution in [0.1, 0.15) is 52.4 Å². The summed E-state index contributed by atoms with van der Waals surface area (Å²) in [5.41, 5.74) is 0. The summed E-state index contributed by atoms with van der Waals surface area (Å²) in [4.78, 5) is 11.3. The Kier molecular flexibility index (Phi) is 9.16. The van der Waals surface area contributed by atoms with Crippen molar-refractivity contribution < 1.29 is 4.79 Å². The Hall–Kier alpha value is -0.240. The number of nitrogens with one attached hydrogen (secondary N) is 1. The van der Waals surface area contributed by atoms with Crippen LogP contribution in [0.4, 0.5) is 0 Å². The summed E-state index contributed by atoms with van der Waals surface area (Å²) in [5.74, 6) is 0.701. The van der Waals surface area contributed by atoms with Gasteiger partial charge in [0.25, 0.3) is 0 Å². The van der Waals surface area contributed by atoms with Gasteiger partial charge in [-0.2, -0.15) is 0 Å². The first-order valence-corrected chi connectivity index (χ1v) is 6.09. The zero-order valence-corrected chi connectivity index (χ0v) is 10.1. The highest BCUT2D eigenvalue weighted by Crippen LogP contribution is 2.03. The van der Waals surface area contributed by atoms with Crippen molar-refractivity contribution in [1.82, 2.24) is 5.32 Å². The second-order valence-electron chi connectivity index (χ2n) is 3.76. The molecule has 0 aliphatic heterocycles. The molecule has 0 bridgehead atoms. The zero-order chi connectivity index (χ0) is 10.8. The Morgan fingerprint density at radius 1 is 1.36 bits per heavy atom. The van der Waals surface area contributed by atoms with Gasteiger partial charge in [0.2, 0.25) is 5.91 Å². The lowest BCUT2D eigenvalue weighted by Gasteiger charge is -2.13. The van der Waals surface area contributed by atoms with Crippen molar-refractivity contribution >= 4 is 17.5 Å². The molecular formula is C11H22ClNO. The monoisotopic (exact) mass is 219 g/mol. The van der Waals surface area contributed by atoms with E-state index in [1.54, 1.807) is 0 Å². The minimum atomic E-state index is 0.134. The smallest absolute Gasteiger partial charge is 0.220 e. The quantitative estimate of drug-likeness (QED) is 0.493. The molecule has 84 valence electrons. The van der Waals surface area contributed by atoms with Crippen LogP contribution in [0.2, 0.25) is 0 Å². The molecule has 0 heterocycles. The molecule has 1 atom stereocenters. The number of unbranched alkanes of at least 4 members (excludes halogenated alkanes) is 2. The van der Waals surface area contributed by atoms with Crippen LogP contribution >= 0.6 is 11.6 Å². The Morgan fingerprint density at radius 3 is 2.64 bits per heavy atom. The highest BCUT2D eigenvalue weighted by molar-refractivity contribution is 6.17. The summed E-state index contributed by atoms with van der Waals surface area (Å²) in [6.07, 6.45) is 6.10. The maximum atomic E-state index is 11.3. The minimum Gasteiger partial charge on any atom is -0.354 e. The molecule has 14 heavy (non-hydrogen) atoms. The van der Waals surface area contributed by atoms with Crippen molar-refractivity contribution in [3.05, 3.63) is 0 Å². The van der Waals surface area contributed by atoms with Gasteiger partial charge in [-0.1, -0.05) is 26.2 Å². The van der Waals surface area contributed by atoms with Crippen molar-refractivity contribution in [3.8, 4) is 0 Å². The third kappa shape index (κ3) is 8.36. The van der Waals surface area contributed by atoms with Crippen molar-refractivity contribution in [2.24, 2.45) is 0 Å². The standard InChI is InChI=1S/C11H22ClNO/c1-3-4-5-7-10(2)13-11(14)8-6-9-12/h10H,3-9H2,1-2H3,(H,13,14). The first-order chi connectivity index (χ1) is 6.70. The normalized spacial score (nSPS) is 12.5. The van der Waals surface area contributed by atoms with E-state index in [1.165, 1.54) is 19.3 Å². The van der Waals surface area contributed by atoms with Crippen LogP contribution in [-0.4, -0.2) is 17.8 Å². The van der Waals surface area contributed by atoms with Crippen LogP contribution in [0.5, 0.6) is 0 Å². The lowest BCUT2D eigenvalue weighted by molar-refractivity contribution is -0.121. The van der Waals surface area contributed by atoms with E-state index in [9.17, 15) is 4.79 Å². The molecule has 0 saturated heterocycles. The Balaban J connectivity index is 3.40. The summed E-state index contributed by atoms with van der Waals surface area (Å²) in [6.45, 7) is 4.25. The largest absolute Gasteiger partial charge is 0.354 e. The van der Waals surface area contributed by atoms with E-state index >= 15 is 0 Å². The lowest BCUT2D eigenvalue weighted by Crippen LogP contribution is -2.32. The molecule has 0 radical (unpaired) electrons. The van der Waals surface area contributed by atoms with E-state index in [1.807, 2.05) is 0 Å². The van der Waals surface area contributed by atoms with Crippen molar-refractivity contribution in [2.75, 3.05) is 5.88 Å². The molecule has 0 aromatic heterocycles. The molecule has 0 spiro atoms. The van der Waals surface area contributed by atoms with Crippen LogP contribution < -0.4 is 5.32 Å². The summed E-state index contributed by atoms with van der Waals surface area (Å²) in [6, 6.07) is 0.310. The second-order valence-corrected chi connectivity index (χ2v) is 4.13. The number of alkyl halides is 1. The Morgan fingerprint density at radius 2 is 2.07 bits per heavy atom. The SMILES string of the molecule is CCCCCC(C)NC(=O)CCCCl. The van der Waals surface area contributed by atoms with E-state index in [2.05, 4.69) is 19.2 Å². The molecule has 0 saturated carbocycles. The van der Waals surface area contributed by atoms with Crippen LogP contribution in [0, 0.1) is 0 Å². The predicted octanol–water partition coefficient (Wildman–Crippen LogP) is 3.09. The van der Waals surface area contributed by atoms with Crippen LogP contribution in [0.15, 0.2) is 0 Å². The number of hydrogen-bond donors (Lipinski definition) is 1. The maximum absolute atomic E-state index is 11.3. The minimum absolute atomic E-state index is 0.134. The van der Waals surface area contributed by atoms with Crippen molar-refractivity contribution in [1.29, 1.82) is 0 Å². The first-order valence-electron chi connectivity index (χ1n) is 5.56. The van der Waals surface area contributed by atoms with E-state index in [0.29, 0.717) is 18.3 Å². The molecule has 0 aromatic carbocycles. The first kappa shape index (κ1) is 13.8. The molecule has 1 N–H and O–H groups in total. The van der Waals surface area contributed by atoms with Gasteiger partial charge in [0.05, 0.1) is 0 Å².